The van der Waals surface area contributed by atoms with Gasteiger partial charge >= 0.3 is 0 Å². The predicted octanol–water partition coefficient (Wildman–Crippen LogP) is 4.11. The molecule has 2 aromatic carbocycles. The average molecular weight is 317 g/mol. The summed E-state index contributed by atoms with van der Waals surface area (Å²) >= 11 is 2.03. The Balaban J connectivity index is 2.27. The first-order valence-electron chi connectivity index (χ1n) is 7.59. The number of nitrogens with zero attached hydrogens (tertiary/aromatic N) is 1. The molecule has 0 saturated heterocycles. The van der Waals surface area contributed by atoms with Crippen molar-refractivity contribution in [1.29, 1.82) is 0 Å². The van der Waals surface area contributed by atoms with E-state index < -0.39 is 8.07 Å². The summed E-state index contributed by atoms with van der Waals surface area (Å²) in [7, 11) is -0.411. The maximum Gasteiger partial charge on any atom is 0.0281 e. The van der Waals surface area contributed by atoms with Crippen molar-refractivity contribution in [2.45, 2.75) is 13.8 Å². The van der Waals surface area contributed by atoms with E-state index in [4.69, 9.17) is 0 Å². The van der Waals surface area contributed by atoms with Crippen LogP contribution >= 0.6 is 19.8 Å². The molecule has 0 aliphatic rings. The highest BCUT2D eigenvalue weighted by molar-refractivity contribution is 7.99. The summed E-state index contributed by atoms with van der Waals surface area (Å²) in [6, 6.07) is 21.9. The first kappa shape index (κ1) is 16.5. The van der Waals surface area contributed by atoms with Crippen molar-refractivity contribution in [3.05, 3.63) is 60.7 Å². The molecule has 1 nitrogen and oxygen atoms in total. The fourth-order valence-corrected chi connectivity index (χ4v) is 5.54. The molecule has 0 heterocycles. The van der Waals surface area contributed by atoms with Gasteiger partial charge in [-0.15, -0.1) is 0 Å². The second-order valence-corrected chi connectivity index (χ2v) is 8.34. The summed E-state index contributed by atoms with van der Waals surface area (Å²) in [5, 5.41) is 2.89. The quantitative estimate of drug-likeness (QED) is 0.532. The monoisotopic (exact) mass is 317 g/mol. The van der Waals surface area contributed by atoms with Gasteiger partial charge in [0.25, 0.3) is 0 Å². The summed E-state index contributed by atoms with van der Waals surface area (Å²) < 4.78 is 2.64. The Morgan fingerprint density at radius 1 is 0.857 bits per heavy atom. The summed E-state index contributed by atoms with van der Waals surface area (Å²) in [4.78, 5) is 0. The number of benzene rings is 2. The fraction of sp³-hybridized carbons (Fsp3) is 0.333. The first-order chi connectivity index (χ1) is 10.4. The second-order valence-electron chi connectivity index (χ2n) is 4.73. The van der Waals surface area contributed by atoms with Crippen molar-refractivity contribution in [1.82, 2.24) is 4.67 Å². The molecule has 0 radical (unpaired) electrons. The Morgan fingerprint density at radius 3 is 1.81 bits per heavy atom. The van der Waals surface area contributed by atoms with Crippen LogP contribution in [0.2, 0.25) is 0 Å². The summed E-state index contributed by atoms with van der Waals surface area (Å²) in [6.45, 7) is 6.76. The van der Waals surface area contributed by atoms with Crippen LogP contribution in [0.1, 0.15) is 13.8 Å². The topological polar surface area (TPSA) is 3.24 Å². The third kappa shape index (κ3) is 4.85. The molecular weight excluding hydrogens is 293 g/mol. The van der Waals surface area contributed by atoms with E-state index in [1.54, 1.807) is 0 Å². The summed E-state index contributed by atoms with van der Waals surface area (Å²) in [6.07, 6.45) is 0. The van der Waals surface area contributed by atoms with Gasteiger partial charge in [-0.25, -0.2) is 0 Å². The van der Waals surface area contributed by atoms with Crippen LogP contribution in [0.3, 0.4) is 0 Å². The molecule has 0 bridgehead atoms. The third-order valence-corrected chi connectivity index (χ3v) is 6.85. The van der Waals surface area contributed by atoms with Gasteiger partial charge in [0.2, 0.25) is 0 Å². The van der Waals surface area contributed by atoms with Crippen LogP contribution in [0.4, 0.5) is 0 Å². The van der Waals surface area contributed by atoms with E-state index in [1.165, 1.54) is 22.1 Å². The highest BCUT2D eigenvalue weighted by atomic mass is 32.2. The minimum Gasteiger partial charge on any atom is -0.274 e. The molecule has 0 unspecified atom stereocenters. The Morgan fingerprint density at radius 2 is 1.38 bits per heavy atom. The van der Waals surface area contributed by atoms with Gasteiger partial charge in [0, 0.05) is 20.4 Å². The lowest BCUT2D eigenvalue weighted by Gasteiger charge is -2.31. The van der Waals surface area contributed by atoms with Gasteiger partial charge in [-0.3, -0.25) is 4.67 Å². The lowest BCUT2D eigenvalue weighted by Crippen LogP contribution is -2.30. The molecule has 112 valence electrons. The van der Waals surface area contributed by atoms with Crippen molar-refractivity contribution < 1.29 is 0 Å². The third-order valence-electron chi connectivity index (χ3n) is 3.35. The van der Waals surface area contributed by atoms with Gasteiger partial charge in [-0.2, -0.15) is 11.8 Å². The zero-order valence-corrected chi connectivity index (χ0v) is 14.6. The van der Waals surface area contributed by atoms with E-state index in [9.17, 15) is 0 Å². The maximum atomic E-state index is 2.64. The normalized spacial score (nSPS) is 11.2. The number of thioether (sulfide) groups is 1. The average Bonchev–Trinajstić information content (AvgIpc) is 2.56. The summed E-state index contributed by atoms with van der Waals surface area (Å²) in [5.74, 6) is 2.41. The summed E-state index contributed by atoms with van der Waals surface area (Å²) in [5.41, 5.74) is 0. The molecule has 21 heavy (non-hydrogen) atoms. The van der Waals surface area contributed by atoms with Crippen molar-refractivity contribution in [2.75, 3.05) is 24.6 Å². The second kappa shape index (κ2) is 9.25. The molecule has 0 aromatic heterocycles. The van der Waals surface area contributed by atoms with Gasteiger partial charge in [-0.1, -0.05) is 74.5 Å². The van der Waals surface area contributed by atoms with E-state index in [-0.39, 0.29) is 0 Å². The van der Waals surface area contributed by atoms with E-state index in [0.29, 0.717) is 0 Å². The van der Waals surface area contributed by atoms with E-state index >= 15 is 0 Å². The van der Waals surface area contributed by atoms with Gasteiger partial charge in [0.05, 0.1) is 0 Å². The Labute approximate surface area is 134 Å². The van der Waals surface area contributed by atoms with Gasteiger partial charge in [0.15, 0.2) is 0 Å². The van der Waals surface area contributed by atoms with Crippen LogP contribution in [0.25, 0.3) is 0 Å². The van der Waals surface area contributed by atoms with Gasteiger partial charge in [-0.05, 0) is 22.9 Å². The van der Waals surface area contributed by atoms with Gasteiger partial charge < -0.3 is 0 Å². The SMILES string of the molecule is CCSCCN(CC)P(c1ccccc1)c1ccccc1. The number of rotatable bonds is 8. The van der Waals surface area contributed by atoms with Crippen molar-refractivity contribution in [3.63, 3.8) is 0 Å². The van der Waals surface area contributed by atoms with Crippen molar-refractivity contribution in [3.8, 4) is 0 Å². The van der Waals surface area contributed by atoms with Crippen LogP contribution in [0.5, 0.6) is 0 Å². The molecular formula is C18H24NPS. The molecule has 2 aromatic rings. The van der Waals surface area contributed by atoms with Crippen molar-refractivity contribution in [2.24, 2.45) is 0 Å². The minimum absolute atomic E-state index is 0.411. The fourth-order valence-electron chi connectivity index (χ4n) is 2.33. The lowest BCUT2D eigenvalue weighted by atomic mass is 10.4. The highest BCUT2D eigenvalue weighted by Gasteiger charge is 2.20. The van der Waals surface area contributed by atoms with Crippen LogP contribution in [-0.4, -0.2) is 29.3 Å². The molecule has 0 spiro atoms. The number of hydrogen-bond donors (Lipinski definition) is 0. The van der Waals surface area contributed by atoms with E-state index in [2.05, 4.69) is 79.2 Å². The standard InChI is InChI=1S/C18H24NPS/c1-3-19(15-16-21-4-2)20(17-11-7-5-8-12-17)18-13-9-6-10-14-18/h5-14H,3-4,15-16H2,1-2H3. The Kier molecular flexibility index (Phi) is 7.29. The molecule has 0 aliphatic heterocycles. The molecule has 0 aliphatic carbocycles. The highest BCUT2D eigenvalue weighted by Crippen LogP contribution is 2.38. The maximum absolute atomic E-state index is 2.64. The first-order valence-corrected chi connectivity index (χ1v) is 10.0. The van der Waals surface area contributed by atoms with Crippen LogP contribution < -0.4 is 10.6 Å². The molecule has 2 rings (SSSR count). The minimum atomic E-state index is -0.411. The van der Waals surface area contributed by atoms with Crippen LogP contribution in [-0.2, 0) is 0 Å². The largest absolute Gasteiger partial charge is 0.274 e. The van der Waals surface area contributed by atoms with Crippen LogP contribution in [0.15, 0.2) is 60.7 Å². The Hall–Kier alpha value is -0.820. The zero-order valence-electron chi connectivity index (χ0n) is 12.9. The van der Waals surface area contributed by atoms with Gasteiger partial charge in [0.1, 0.15) is 0 Å². The molecule has 3 heteroatoms. The van der Waals surface area contributed by atoms with Crippen molar-refractivity contribution >= 4 is 30.4 Å². The van der Waals surface area contributed by atoms with E-state index in [0.717, 1.165) is 13.1 Å². The Bertz CT molecular complexity index is 464. The predicted molar refractivity (Wildman–Crippen MR) is 99.3 cm³/mol. The lowest BCUT2D eigenvalue weighted by molar-refractivity contribution is 0.518. The molecule has 0 atom stereocenters. The van der Waals surface area contributed by atoms with E-state index in [1.807, 2.05) is 11.8 Å². The van der Waals surface area contributed by atoms with Crippen LogP contribution in [0, 0.1) is 0 Å². The number of hydrogen-bond acceptors (Lipinski definition) is 2. The smallest absolute Gasteiger partial charge is 0.0281 e. The molecule has 0 amide bonds. The molecule has 0 saturated carbocycles. The molecule has 0 N–H and O–H groups in total. The molecule has 0 fully saturated rings. The zero-order chi connectivity index (χ0) is 14.9.